The Balaban J connectivity index is 2.28. The van der Waals surface area contributed by atoms with E-state index in [1.807, 2.05) is 18.2 Å². The summed E-state index contributed by atoms with van der Waals surface area (Å²) in [4.78, 5) is 4.26. The second kappa shape index (κ2) is 3.15. The second-order valence-electron chi connectivity index (χ2n) is 3.32. The van der Waals surface area contributed by atoms with Crippen molar-refractivity contribution in [2.24, 2.45) is 0 Å². The Hall–Kier alpha value is -1.40. The first-order valence-electron chi connectivity index (χ1n) is 4.24. The van der Waals surface area contributed by atoms with Gasteiger partial charge in [-0.15, -0.1) is 0 Å². The first-order chi connectivity index (χ1) is 6.37. The van der Waals surface area contributed by atoms with E-state index in [4.69, 9.17) is 10.00 Å². The SMILES string of the molecule is N#CCC1(c2ccccn2)COC1. The highest BCUT2D eigenvalue weighted by Crippen LogP contribution is 2.33. The van der Waals surface area contributed by atoms with Crippen LogP contribution in [0, 0.1) is 11.3 Å². The number of nitriles is 1. The van der Waals surface area contributed by atoms with E-state index in [0.29, 0.717) is 19.6 Å². The Labute approximate surface area is 77.0 Å². The molecule has 0 aliphatic carbocycles. The van der Waals surface area contributed by atoms with Crippen LogP contribution < -0.4 is 0 Å². The van der Waals surface area contributed by atoms with Gasteiger partial charge in [-0.1, -0.05) is 6.07 Å². The van der Waals surface area contributed by atoms with Gasteiger partial charge in [0.15, 0.2) is 0 Å². The van der Waals surface area contributed by atoms with Gasteiger partial charge in [0.1, 0.15) is 0 Å². The molecule has 13 heavy (non-hydrogen) atoms. The van der Waals surface area contributed by atoms with Gasteiger partial charge in [-0.05, 0) is 12.1 Å². The summed E-state index contributed by atoms with van der Waals surface area (Å²) in [6.07, 6.45) is 2.25. The summed E-state index contributed by atoms with van der Waals surface area (Å²) in [7, 11) is 0. The van der Waals surface area contributed by atoms with E-state index in [1.165, 1.54) is 0 Å². The molecule has 0 spiro atoms. The molecule has 3 nitrogen and oxygen atoms in total. The molecule has 1 aliphatic heterocycles. The van der Waals surface area contributed by atoms with E-state index in [9.17, 15) is 0 Å². The van der Waals surface area contributed by atoms with Crippen LogP contribution in [0.15, 0.2) is 24.4 Å². The average Bonchev–Trinajstić information content (AvgIpc) is 2.13. The first kappa shape index (κ1) is 8.21. The quantitative estimate of drug-likeness (QED) is 0.678. The summed E-state index contributed by atoms with van der Waals surface area (Å²) in [6, 6.07) is 7.97. The van der Waals surface area contributed by atoms with Crippen LogP contribution in [0.5, 0.6) is 0 Å². The van der Waals surface area contributed by atoms with E-state index in [2.05, 4.69) is 11.1 Å². The number of hydrogen-bond acceptors (Lipinski definition) is 3. The molecular weight excluding hydrogens is 164 g/mol. The van der Waals surface area contributed by atoms with Gasteiger partial charge in [-0.3, -0.25) is 4.98 Å². The van der Waals surface area contributed by atoms with E-state index in [0.717, 1.165) is 5.69 Å². The smallest absolute Gasteiger partial charge is 0.0722 e. The average molecular weight is 174 g/mol. The molecule has 1 aromatic rings. The fourth-order valence-corrected chi connectivity index (χ4v) is 1.52. The van der Waals surface area contributed by atoms with Crippen LogP contribution >= 0.6 is 0 Å². The molecular formula is C10H10N2O. The summed E-state index contributed by atoms with van der Waals surface area (Å²) >= 11 is 0. The van der Waals surface area contributed by atoms with Crippen LogP contribution in [0.3, 0.4) is 0 Å². The third-order valence-corrected chi connectivity index (χ3v) is 2.38. The monoisotopic (exact) mass is 174 g/mol. The van der Waals surface area contributed by atoms with Gasteiger partial charge in [0.2, 0.25) is 0 Å². The van der Waals surface area contributed by atoms with Crippen LogP contribution in [-0.2, 0) is 10.2 Å². The van der Waals surface area contributed by atoms with Crippen molar-refractivity contribution in [1.82, 2.24) is 4.98 Å². The predicted molar refractivity (Wildman–Crippen MR) is 47.0 cm³/mol. The number of nitrogens with zero attached hydrogens (tertiary/aromatic N) is 2. The zero-order valence-electron chi connectivity index (χ0n) is 7.23. The molecule has 2 heterocycles. The number of ether oxygens (including phenoxy) is 1. The third kappa shape index (κ3) is 1.30. The largest absolute Gasteiger partial charge is 0.379 e. The highest BCUT2D eigenvalue weighted by atomic mass is 16.5. The van der Waals surface area contributed by atoms with Gasteiger partial charge in [0, 0.05) is 6.20 Å². The van der Waals surface area contributed by atoms with Crippen LogP contribution in [0.4, 0.5) is 0 Å². The summed E-state index contributed by atoms with van der Waals surface area (Å²) in [6.45, 7) is 1.25. The molecule has 1 aliphatic rings. The predicted octanol–water partition coefficient (Wildman–Crippen LogP) is 1.26. The molecule has 2 rings (SSSR count). The normalized spacial score (nSPS) is 18.7. The molecule has 0 aromatic carbocycles. The summed E-state index contributed by atoms with van der Waals surface area (Å²) in [5, 5.41) is 8.69. The fraction of sp³-hybridized carbons (Fsp3) is 0.400. The van der Waals surface area contributed by atoms with Gasteiger partial charge in [-0.25, -0.2) is 0 Å². The Morgan fingerprint density at radius 2 is 2.38 bits per heavy atom. The maximum atomic E-state index is 8.69. The van der Waals surface area contributed by atoms with Crippen molar-refractivity contribution in [2.45, 2.75) is 11.8 Å². The van der Waals surface area contributed by atoms with Gasteiger partial charge < -0.3 is 4.74 Å². The van der Waals surface area contributed by atoms with Crippen LogP contribution in [0.1, 0.15) is 12.1 Å². The van der Waals surface area contributed by atoms with Gasteiger partial charge in [0.25, 0.3) is 0 Å². The lowest BCUT2D eigenvalue weighted by Crippen LogP contribution is -2.47. The fourth-order valence-electron chi connectivity index (χ4n) is 1.52. The highest BCUT2D eigenvalue weighted by molar-refractivity contribution is 5.22. The Bertz CT molecular complexity index is 325. The van der Waals surface area contributed by atoms with Crippen molar-refractivity contribution in [3.8, 4) is 6.07 Å². The van der Waals surface area contributed by atoms with Crippen molar-refractivity contribution >= 4 is 0 Å². The van der Waals surface area contributed by atoms with Gasteiger partial charge in [-0.2, -0.15) is 5.26 Å². The van der Waals surface area contributed by atoms with Crippen molar-refractivity contribution in [3.05, 3.63) is 30.1 Å². The third-order valence-electron chi connectivity index (χ3n) is 2.38. The van der Waals surface area contributed by atoms with Crippen molar-refractivity contribution in [1.29, 1.82) is 5.26 Å². The maximum Gasteiger partial charge on any atom is 0.0722 e. The van der Waals surface area contributed by atoms with Crippen LogP contribution in [-0.4, -0.2) is 18.2 Å². The second-order valence-corrected chi connectivity index (χ2v) is 3.32. The number of hydrogen-bond donors (Lipinski definition) is 0. The lowest BCUT2D eigenvalue weighted by molar-refractivity contribution is -0.0598. The minimum absolute atomic E-state index is 0.129. The molecule has 1 aromatic heterocycles. The zero-order valence-corrected chi connectivity index (χ0v) is 7.23. The molecule has 0 amide bonds. The molecule has 1 saturated heterocycles. The molecule has 1 fully saturated rings. The molecule has 0 bridgehead atoms. The summed E-state index contributed by atoms with van der Waals surface area (Å²) < 4.78 is 5.15. The molecule has 66 valence electrons. The number of rotatable bonds is 2. The summed E-state index contributed by atoms with van der Waals surface area (Å²) in [5.74, 6) is 0. The Kier molecular flexibility index (Phi) is 1.99. The first-order valence-corrected chi connectivity index (χ1v) is 4.24. The van der Waals surface area contributed by atoms with Crippen molar-refractivity contribution in [2.75, 3.05) is 13.2 Å². The Morgan fingerprint density at radius 1 is 1.54 bits per heavy atom. The van der Waals surface area contributed by atoms with Crippen molar-refractivity contribution in [3.63, 3.8) is 0 Å². The molecule has 0 atom stereocenters. The number of pyridine rings is 1. The topological polar surface area (TPSA) is 45.9 Å². The maximum absolute atomic E-state index is 8.69. The minimum atomic E-state index is -0.129. The van der Waals surface area contributed by atoms with E-state index in [1.54, 1.807) is 6.20 Å². The van der Waals surface area contributed by atoms with E-state index < -0.39 is 0 Å². The molecule has 0 saturated carbocycles. The minimum Gasteiger partial charge on any atom is -0.379 e. The van der Waals surface area contributed by atoms with Gasteiger partial charge in [0.05, 0.1) is 36.8 Å². The standard InChI is InChI=1S/C10H10N2O/c11-5-4-10(7-13-8-10)9-3-1-2-6-12-9/h1-3,6H,4,7-8H2. The van der Waals surface area contributed by atoms with Crippen molar-refractivity contribution < 1.29 is 4.74 Å². The van der Waals surface area contributed by atoms with Gasteiger partial charge >= 0.3 is 0 Å². The summed E-state index contributed by atoms with van der Waals surface area (Å²) in [5.41, 5.74) is 0.846. The van der Waals surface area contributed by atoms with Crippen LogP contribution in [0.2, 0.25) is 0 Å². The molecule has 0 unspecified atom stereocenters. The van der Waals surface area contributed by atoms with E-state index in [-0.39, 0.29) is 5.41 Å². The molecule has 3 heteroatoms. The van der Waals surface area contributed by atoms with Crippen LogP contribution in [0.25, 0.3) is 0 Å². The van der Waals surface area contributed by atoms with E-state index >= 15 is 0 Å². The highest BCUT2D eigenvalue weighted by Gasteiger charge is 2.41. The lowest BCUT2D eigenvalue weighted by Gasteiger charge is -2.38. The number of aromatic nitrogens is 1. The molecule has 0 radical (unpaired) electrons. The Morgan fingerprint density at radius 3 is 2.85 bits per heavy atom. The molecule has 0 N–H and O–H groups in total. The lowest BCUT2D eigenvalue weighted by atomic mass is 9.79. The zero-order chi connectivity index (χ0) is 9.15.